The normalized spacial score (nSPS) is 12.4. The first-order valence-corrected chi connectivity index (χ1v) is 4.90. The second-order valence-corrected chi connectivity index (χ2v) is 3.78. The Balaban J connectivity index is 3.22. The Morgan fingerprint density at radius 3 is 2.16 bits per heavy atom. The third-order valence-corrected chi connectivity index (χ3v) is 2.19. The van der Waals surface area contributed by atoms with Crippen molar-refractivity contribution in [3.05, 3.63) is 22.8 Å². The van der Waals surface area contributed by atoms with E-state index in [4.69, 9.17) is 11.6 Å². The molecule has 0 aromatic carbocycles. The molecule has 1 heterocycles. The molecule has 0 atom stereocenters. The Kier molecular flexibility index (Phi) is 3.99. The molecule has 1 aromatic rings. The molecule has 1 amide bonds. The fourth-order valence-corrected chi connectivity index (χ4v) is 1.32. The van der Waals surface area contributed by atoms with Gasteiger partial charge in [-0.1, -0.05) is 11.6 Å². The molecule has 0 N–H and O–H groups in total. The van der Waals surface area contributed by atoms with Gasteiger partial charge in [-0.3, -0.25) is 9.69 Å². The lowest BCUT2D eigenvalue weighted by Gasteiger charge is -2.19. The van der Waals surface area contributed by atoms with Crippen LogP contribution >= 0.6 is 11.6 Å². The highest BCUT2D eigenvalue weighted by atomic mass is 35.5. The molecule has 0 saturated heterocycles. The van der Waals surface area contributed by atoms with Crippen molar-refractivity contribution in [3.8, 4) is 0 Å². The maximum Gasteiger partial charge on any atom is 0.471 e. The molecule has 106 valence electrons. The topological polar surface area (TPSA) is 33.2 Å². The maximum absolute atomic E-state index is 12.4. The molecule has 0 aliphatic rings. The van der Waals surface area contributed by atoms with E-state index in [2.05, 4.69) is 4.98 Å². The van der Waals surface area contributed by atoms with Crippen molar-refractivity contribution in [2.75, 3.05) is 11.9 Å². The van der Waals surface area contributed by atoms with Crippen LogP contribution in [0.4, 0.5) is 32.2 Å². The first-order chi connectivity index (χ1) is 8.43. The van der Waals surface area contributed by atoms with Crippen LogP contribution in [0.15, 0.2) is 12.1 Å². The first kappa shape index (κ1) is 15.5. The van der Waals surface area contributed by atoms with Gasteiger partial charge in [-0.15, -0.1) is 0 Å². The average molecular weight is 307 g/mol. The number of carbonyl (C=O) groups excluding carboxylic acids is 1. The van der Waals surface area contributed by atoms with Gasteiger partial charge >= 0.3 is 18.3 Å². The van der Waals surface area contributed by atoms with Crippen LogP contribution in [0.3, 0.4) is 0 Å². The summed E-state index contributed by atoms with van der Waals surface area (Å²) in [5.41, 5.74) is -1.30. The Labute approximate surface area is 107 Å². The largest absolute Gasteiger partial charge is 0.471 e. The van der Waals surface area contributed by atoms with E-state index in [0.717, 1.165) is 0 Å². The van der Waals surface area contributed by atoms with Crippen LogP contribution in [-0.4, -0.2) is 24.1 Å². The molecule has 0 radical (unpaired) electrons. The van der Waals surface area contributed by atoms with Crippen LogP contribution < -0.4 is 4.90 Å². The number of amides is 1. The van der Waals surface area contributed by atoms with Gasteiger partial charge in [-0.05, 0) is 12.1 Å². The third kappa shape index (κ3) is 3.72. The Hall–Kier alpha value is -1.51. The number of hydrogen-bond donors (Lipinski definition) is 0. The SMILES string of the molecule is CN(C(=O)C(F)(F)F)c1cc(C(F)(F)F)cc(Cl)n1. The molecule has 0 unspecified atom stereocenters. The molecule has 0 aliphatic heterocycles. The van der Waals surface area contributed by atoms with Gasteiger partial charge in [0.15, 0.2) is 0 Å². The van der Waals surface area contributed by atoms with Gasteiger partial charge in [0.2, 0.25) is 0 Å². The minimum absolute atomic E-state index is 0.0544. The van der Waals surface area contributed by atoms with Crippen LogP contribution in [0.25, 0.3) is 0 Å². The average Bonchev–Trinajstić information content (AvgIpc) is 2.23. The van der Waals surface area contributed by atoms with Crippen molar-refractivity contribution in [2.24, 2.45) is 0 Å². The number of hydrogen-bond acceptors (Lipinski definition) is 2. The predicted molar refractivity (Wildman–Crippen MR) is 53.7 cm³/mol. The van der Waals surface area contributed by atoms with Crippen molar-refractivity contribution in [1.29, 1.82) is 0 Å². The summed E-state index contributed by atoms with van der Waals surface area (Å²) in [6.07, 6.45) is -10.0. The molecule has 0 aliphatic carbocycles. The summed E-state index contributed by atoms with van der Waals surface area (Å²) in [6.45, 7) is 0. The maximum atomic E-state index is 12.4. The molecule has 1 rings (SSSR count). The minimum Gasteiger partial charge on any atom is -0.292 e. The monoisotopic (exact) mass is 306 g/mol. The second kappa shape index (κ2) is 4.87. The molecule has 3 nitrogen and oxygen atoms in total. The molecule has 1 aromatic heterocycles. The van der Waals surface area contributed by atoms with E-state index in [1.807, 2.05) is 0 Å². The van der Waals surface area contributed by atoms with Gasteiger partial charge in [0.1, 0.15) is 11.0 Å². The lowest BCUT2D eigenvalue weighted by atomic mass is 10.2. The van der Waals surface area contributed by atoms with E-state index < -0.39 is 34.8 Å². The predicted octanol–water partition coefficient (Wildman–Crippen LogP) is 3.28. The molecule has 19 heavy (non-hydrogen) atoms. The lowest BCUT2D eigenvalue weighted by Crippen LogP contribution is -2.39. The minimum atomic E-state index is -5.23. The summed E-state index contributed by atoms with van der Waals surface area (Å²) < 4.78 is 73.7. The second-order valence-electron chi connectivity index (χ2n) is 3.40. The summed E-state index contributed by atoms with van der Waals surface area (Å²) in [6, 6.07) is 0.743. The highest BCUT2D eigenvalue weighted by Crippen LogP contribution is 2.33. The summed E-state index contributed by atoms with van der Waals surface area (Å²) in [4.78, 5) is 14.1. The quantitative estimate of drug-likeness (QED) is 0.589. The number of alkyl halides is 6. The molecule has 0 saturated carbocycles. The Morgan fingerprint density at radius 1 is 1.21 bits per heavy atom. The number of aromatic nitrogens is 1. The van der Waals surface area contributed by atoms with E-state index in [1.54, 1.807) is 0 Å². The molecule has 0 spiro atoms. The standard InChI is InChI=1S/C9H5ClF6N2O/c1-18(7(19)9(14,15)16)6-3-4(8(11,12)13)2-5(10)17-6/h2-3H,1H3. The highest BCUT2D eigenvalue weighted by molar-refractivity contribution is 6.29. The third-order valence-electron chi connectivity index (χ3n) is 2.00. The lowest BCUT2D eigenvalue weighted by molar-refractivity contribution is -0.170. The Morgan fingerprint density at radius 2 is 1.74 bits per heavy atom. The van der Waals surface area contributed by atoms with Crippen molar-refractivity contribution in [1.82, 2.24) is 4.98 Å². The molecular formula is C9H5ClF6N2O. The van der Waals surface area contributed by atoms with Gasteiger partial charge < -0.3 is 0 Å². The molecule has 10 heteroatoms. The zero-order valence-electron chi connectivity index (χ0n) is 9.10. The zero-order valence-corrected chi connectivity index (χ0v) is 9.86. The van der Waals surface area contributed by atoms with Crippen LogP contribution in [0.5, 0.6) is 0 Å². The van der Waals surface area contributed by atoms with Gasteiger partial charge in [-0.2, -0.15) is 26.3 Å². The van der Waals surface area contributed by atoms with Gasteiger partial charge in [0.25, 0.3) is 0 Å². The summed E-state index contributed by atoms with van der Waals surface area (Å²) in [5.74, 6) is -3.20. The number of rotatable bonds is 1. The van der Waals surface area contributed by atoms with Gasteiger partial charge in [0.05, 0.1) is 5.56 Å². The summed E-state index contributed by atoms with van der Waals surface area (Å²) >= 11 is 5.29. The smallest absolute Gasteiger partial charge is 0.292 e. The van der Waals surface area contributed by atoms with Crippen LogP contribution in [-0.2, 0) is 11.0 Å². The van der Waals surface area contributed by atoms with Crippen molar-refractivity contribution in [3.63, 3.8) is 0 Å². The summed E-state index contributed by atoms with van der Waals surface area (Å²) in [7, 11) is 0.647. The van der Waals surface area contributed by atoms with E-state index in [9.17, 15) is 31.1 Å². The van der Waals surface area contributed by atoms with Crippen LogP contribution in [0, 0.1) is 0 Å². The number of nitrogens with zero attached hydrogens (tertiary/aromatic N) is 2. The number of carbonyl (C=O) groups is 1. The van der Waals surface area contributed by atoms with Crippen molar-refractivity contribution >= 4 is 23.3 Å². The first-order valence-electron chi connectivity index (χ1n) is 4.52. The fourth-order valence-electron chi connectivity index (χ4n) is 1.11. The number of pyridine rings is 1. The van der Waals surface area contributed by atoms with Crippen LogP contribution in [0.2, 0.25) is 5.15 Å². The Bertz CT molecular complexity index is 498. The van der Waals surface area contributed by atoms with Crippen molar-refractivity contribution < 1.29 is 31.1 Å². The summed E-state index contributed by atoms with van der Waals surface area (Å²) in [5, 5.41) is -0.674. The number of anilines is 1. The van der Waals surface area contributed by atoms with E-state index in [1.165, 1.54) is 0 Å². The van der Waals surface area contributed by atoms with Crippen LogP contribution in [0.1, 0.15) is 5.56 Å². The highest BCUT2D eigenvalue weighted by Gasteiger charge is 2.42. The van der Waals surface area contributed by atoms with Gasteiger partial charge in [0, 0.05) is 7.05 Å². The van der Waals surface area contributed by atoms with Crippen molar-refractivity contribution in [2.45, 2.75) is 12.4 Å². The van der Waals surface area contributed by atoms with E-state index in [-0.39, 0.29) is 4.90 Å². The number of halogens is 7. The molecule has 0 bridgehead atoms. The van der Waals surface area contributed by atoms with E-state index >= 15 is 0 Å². The fraction of sp³-hybridized carbons (Fsp3) is 0.333. The molecule has 0 fully saturated rings. The van der Waals surface area contributed by atoms with Gasteiger partial charge in [-0.25, -0.2) is 4.98 Å². The zero-order chi connectivity index (χ0) is 15.0. The van der Waals surface area contributed by atoms with E-state index in [0.29, 0.717) is 19.2 Å². The molecular weight excluding hydrogens is 302 g/mol.